The standard InChI is InChI=1S/C19H23ClN2O3S/c1-15-18(20)6-3-7-19(15)26(23,24)21-13-16-4-2-5-17(12-16)14-22-8-10-25-11-9-22/h2-7,12,21H,8-11,13-14H2,1H3. The quantitative estimate of drug-likeness (QED) is 0.818. The summed E-state index contributed by atoms with van der Waals surface area (Å²) in [5.41, 5.74) is 2.66. The van der Waals surface area contributed by atoms with Gasteiger partial charge in [0.25, 0.3) is 0 Å². The third kappa shape index (κ3) is 4.84. The van der Waals surface area contributed by atoms with Crippen LogP contribution in [0.2, 0.25) is 5.02 Å². The number of morpholine rings is 1. The van der Waals surface area contributed by atoms with Crippen LogP contribution >= 0.6 is 11.6 Å². The van der Waals surface area contributed by atoms with Gasteiger partial charge in [-0.2, -0.15) is 0 Å². The maximum absolute atomic E-state index is 12.6. The molecule has 1 N–H and O–H groups in total. The zero-order valence-electron chi connectivity index (χ0n) is 14.7. The van der Waals surface area contributed by atoms with Crippen molar-refractivity contribution in [3.05, 3.63) is 64.2 Å². The first-order valence-electron chi connectivity index (χ1n) is 8.58. The molecule has 0 atom stereocenters. The lowest BCUT2D eigenvalue weighted by atomic mass is 10.1. The molecule has 0 saturated carbocycles. The van der Waals surface area contributed by atoms with Gasteiger partial charge in [-0.1, -0.05) is 41.9 Å². The molecule has 1 fully saturated rings. The number of halogens is 1. The molecule has 5 nitrogen and oxygen atoms in total. The Balaban J connectivity index is 1.67. The number of hydrogen-bond donors (Lipinski definition) is 1. The van der Waals surface area contributed by atoms with Crippen molar-refractivity contribution in [2.24, 2.45) is 0 Å². The van der Waals surface area contributed by atoms with Gasteiger partial charge in [-0.15, -0.1) is 0 Å². The van der Waals surface area contributed by atoms with Crippen LogP contribution in [-0.4, -0.2) is 39.6 Å². The second kappa shape index (κ2) is 8.50. The van der Waals surface area contributed by atoms with E-state index < -0.39 is 10.0 Å². The van der Waals surface area contributed by atoms with E-state index in [1.54, 1.807) is 25.1 Å². The molecule has 2 aromatic rings. The highest BCUT2D eigenvalue weighted by molar-refractivity contribution is 7.89. The Bertz CT molecular complexity index is 865. The normalized spacial score (nSPS) is 15.9. The molecule has 140 valence electrons. The molecule has 0 unspecified atom stereocenters. The van der Waals surface area contributed by atoms with Gasteiger partial charge in [0.1, 0.15) is 0 Å². The highest BCUT2D eigenvalue weighted by Gasteiger charge is 2.18. The molecule has 1 saturated heterocycles. The molecule has 0 bridgehead atoms. The molecule has 0 aliphatic carbocycles. The van der Waals surface area contributed by atoms with Crippen molar-refractivity contribution >= 4 is 21.6 Å². The molecule has 0 aromatic heterocycles. The van der Waals surface area contributed by atoms with Crippen molar-refractivity contribution in [1.29, 1.82) is 0 Å². The van der Waals surface area contributed by atoms with Crippen LogP contribution < -0.4 is 4.72 Å². The Hall–Kier alpha value is -1.44. The van der Waals surface area contributed by atoms with Crippen LogP contribution in [-0.2, 0) is 27.8 Å². The summed E-state index contributed by atoms with van der Waals surface area (Å²) < 4.78 is 33.2. The second-order valence-electron chi connectivity index (χ2n) is 6.40. The van der Waals surface area contributed by atoms with E-state index in [0.29, 0.717) is 10.6 Å². The summed E-state index contributed by atoms with van der Waals surface area (Å²) >= 11 is 6.04. The zero-order chi connectivity index (χ0) is 18.6. The van der Waals surface area contributed by atoms with Crippen LogP contribution in [0.3, 0.4) is 0 Å². The van der Waals surface area contributed by atoms with Crippen LogP contribution in [0.25, 0.3) is 0 Å². The van der Waals surface area contributed by atoms with Crippen molar-refractivity contribution in [1.82, 2.24) is 9.62 Å². The maximum atomic E-state index is 12.6. The first-order chi connectivity index (χ1) is 12.5. The van der Waals surface area contributed by atoms with Gasteiger partial charge in [0, 0.05) is 31.2 Å². The maximum Gasteiger partial charge on any atom is 0.241 e. The highest BCUT2D eigenvalue weighted by atomic mass is 35.5. The molecule has 0 spiro atoms. The van der Waals surface area contributed by atoms with Gasteiger partial charge < -0.3 is 4.74 Å². The van der Waals surface area contributed by atoms with Crippen molar-refractivity contribution in [2.45, 2.75) is 24.9 Å². The Morgan fingerprint density at radius 1 is 1.12 bits per heavy atom. The van der Waals surface area contributed by atoms with Gasteiger partial charge in [0.05, 0.1) is 18.1 Å². The topological polar surface area (TPSA) is 58.6 Å². The van der Waals surface area contributed by atoms with Crippen LogP contribution in [0, 0.1) is 6.92 Å². The molecule has 7 heteroatoms. The van der Waals surface area contributed by atoms with E-state index in [-0.39, 0.29) is 11.4 Å². The Morgan fingerprint density at radius 2 is 1.81 bits per heavy atom. The van der Waals surface area contributed by atoms with E-state index in [4.69, 9.17) is 16.3 Å². The van der Waals surface area contributed by atoms with Crippen LogP contribution in [0.4, 0.5) is 0 Å². The van der Waals surface area contributed by atoms with Gasteiger partial charge in [0.2, 0.25) is 10.0 Å². The van der Waals surface area contributed by atoms with Crippen molar-refractivity contribution in [3.8, 4) is 0 Å². The Labute approximate surface area is 160 Å². The number of sulfonamides is 1. The van der Waals surface area contributed by atoms with Gasteiger partial charge in [-0.3, -0.25) is 4.90 Å². The van der Waals surface area contributed by atoms with Gasteiger partial charge >= 0.3 is 0 Å². The summed E-state index contributed by atoms with van der Waals surface area (Å²) in [6, 6.07) is 12.9. The largest absolute Gasteiger partial charge is 0.379 e. The van der Waals surface area contributed by atoms with E-state index in [0.717, 1.165) is 38.4 Å². The summed E-state index contributed by atoms with van der Waals surface area (Å²) in [6.07, 6.45) is 0. The summed E-state index contributed by atoms with van der Waals surface area (Å²) in [7, 11) is -3.61. The number of nitrogens with one attached hydrogen (secondary N) is 1. The third-order valence-corrected chi connectivity index (χ3v) is 6.43. The average Bonchev–Trinajstić information content (AvgIpc) is 2.63. The number of benzene rings is 2. The fourth-order valence-electron chi connectivity index (χ4n) is 2.99. The Kier molecular flexibility index (Phi) is 6.32. The fourth-order valence-corrected chi connectivity index (χ4v) is 4.50. The van der Waals surface area contributed by atoms with Crippen molar-refractivity contribution < 1.29 is 13.2 Å². The summed E-state index contributed by atoms with van der Waals surface area (Å²) in [6.45, 7) is 6.16. The van der Waals surface area contributed by atoms with Crippen molar-refractivity contribution in [3.63, 3.8) is 0 Å². The minimum absolute atomic E-state index is 0.217. The molecule has 1 heterocycles. The van der Waals surface area contributed by atoms with Crippen LogP contribution in [0.1, 0.15) is 16.7 Å². The molecule has 26 heavy (non-hydrogen) atoms. The molecular formula is C19H23ClN2O3S. The number of nitrogens with zero attached hydrogens (tertiary/aromatic N) is 1. The lowest BCUT2D eigenvalue weighted by Gasteiger charge is -2.26. The van der Waals surface area contributed by atoms with E-state index in [2.05, 4.69) is 15.7 Å². The lowest BCUT2D eigenvalue weighted by molar-refractivity contribution is 0.0342. The van der Waals surface area contributed by atoms with E-state index in [1.165, 1.54) is 5.56 Å². The molecule has 1 aliphatic rings. The molecule has 1 aliphatic heterocycles. The van der Waals surface area contributed by atoms with Gasteiger partial charge in [-0.05, 0) is 35.7 Å². The predicted molar refractivity (Wildman–Crippen MR) is 103 cm³/mol. The molecule has 3 rings (SSSR count). The minimum atomic E-state index is -3.61. The van der Waals surface area contributed by atoms with E-state index in [9.17, 15) is 8.42 Å². The first-order valence-corrected chi connectivity index (χ1v) is 10.4. The molecule has 2 aromatic carbocycles. The van der Waals surface area contributed by atoms with E-state index in [1.807, 2.05) is 18.2 Å². The fraction of sp³-hybridized carbons (Fsp3) is 0.368. The third-order valence-electron chi connectivity index (χ3n) is 4.48. The van der Waals surface area contributed by atoms with Crippen molar-refractivity contribution in [2.75, 3.05) is 26.3 Å². The number of rotatable bonds is 6. The molecular weight excluding hydrogens is 372 g/mol. The number of hydrogen-bond acceptors (Lipinski definition) is 4. The predicted octanol–water partition coefficient (Wildman–Crippen LogP) is 2.96. The van der Waals surface area contributed by atoms with Crippen LogP contribution in [0.5, 0.6) is 0 Å². The van der Waals surface area contributed by atoms with Gasteiger partial charge in [-0.25, -0.2) is 13.1 Å². The minimum Gasteiger partial charge on any atom is -0.379 e. The Morgan fingerprint density at radius 3 is 2.58 bits per heavy atom. The molecule has 0 radical (unpaired) electrons. The smallest absolute Gasteiger partial charge is 0.241 e. The average molecular weight is 395 g/mol. The molecule has 0 amide bonds. The second-order valence-corrected chi connectivity index (χ2v) is 8.54. The van der Waals surface area contributed by atoms with Crippen LogP contribution in [0.15, 0.2) is 47.4 Å². The lowest BCUT2D eigenvalue weighted by Crippen LogP contribution is -2.35. The monoisotopic (exact) mass is 394 g/mol. The van der Waals surface area contributed by atoms with Gasteiger partial charge in [0.15, 0.2) is 0 Å². The SMILES string of the molecule is Cc1c(Cl)cccc1S(=O)(=O)NCc1cccc(CN2CCOCC2)c1. The highest BCUT2D eigenvalue weighted by Crippen LogP contribution is 2.22. The van der Waals surface area contributed by atoms with E-state index >= 15 is 0 Å². The summed E-state index contributed by atoms with van der Waals surface area (Å²) in [4.78, 5) is 2.55. The number of ether oxygens (including phenoxy) is 1. The summed E-state index contributed by atoms with van der Waals surface area (Å²) in [5, 5.41) is 0.445. The zero-order valence-corrected chi connectivity index (χ0v) is 16.3. The summed E-state index contributed by atoms with van der Waals surface area (Å²) in [5.74, 6) is 0. The first kappa shape index (κ1) is 19.3.